The van der Waals surface area contributed by atoms with Crippen LogP contribution in [0.5, 0.6) is 0 Å². The van der Waals surface area contributed by atoms with Crippen molar-refractivity contribution in [3.63, 3.8) is 0 Å². The number of alkyl carbamates (subject to hydrolysis) is 1. The lowest BCUT2D eigenvalue weighted by atomic mass is 10.2. The molecular weight excluding hydrogens is 426 g/mol. The molecule has 8 nitrogen and oxygen atoms in total. The van der Waals surface area contributed by atoms with Crippen LogP contribution in [0.15, 0.2) is 36.9 Å². The second-order valence-corrected chi connectivity index (χ2v) is 10.1. The molecule has 1 saturated carbocycles. The smallest absolute Gasteiger partial charge is 0.407 e. The van der Waals surface area contributed by atoms with E-state index in [-0.39, 0.29) is 11.8 Å². The molecule has 1 fully saturated rings. The van der Waals surface area contributed by atoms with E-state index in [2.05, 4.69) is 10.3 Å². The molecule has 0 bridgehead atoms. The molecule has 2 heterocycles. The minimum absolute atomic E-state index is 0.129. The van der Waals surface area contributed by atoms with Gasteiger partial charge in [0.15, 0.2) is 5.13 Å². The first kappa shape index (κ1) is 22.3. The summed E-state index contributed by atoms with van der Waals surface area (Å²) in [5.41, 5.74) is 1.28. The predicted octanol–water partition coefficient (Wildman–Crippen LogP) is 4.35. The van der Waals surface area contributed by atoms with Gasteiger partial charge in [0, 0.05) is 37.9 Å². The average Bonchev–Trinajstić information content (AvgIpc) is 3.29. The van der Waals surface area contributed by atoms with Gasteiger partial charge in [-0.2, -0.15) is 0 Å². The SMILES string of the molecule is CC(C)(C)OC(=O)NCc1ccc2nc(N(CCCn3ccnc3)C(=O)C3CC3)sc2c1. The van der Waals surface area contributed by atoms with Gasteiger partial charge in [0.1, 0.15) is 5.60 Å². The zero-order chi connectivity index (χ0) is 22.7. The summed E-state index contributed by atoms with van der Waals surface area (Å²) >= 11 is 1.52. The first-order valence-electron chi connectivity index (χ1n) is 10.9. The number of nitrogens with zero attached hydrogens (tertiary/aromatic N) is 4. The summed E-state index contributed by atoms with van der Waals surface area (Å²) in [5.74, 6) is 0.297. The third-order valence-corrected chi connectivity index (χ3v) is 6.10. The molecular formula is C23H29N5O3S. The lowest BCUT2D eigenvalue weighted by Gasteiger charge is -2.19. The Morgan fingerprint density at radius 3 is 2.81 bits per heavy atom. The third kappa shape index (κ3) is 5.85. The molecule has 1 N–H and O–H groups in total. The molecule has 0 radical (unpaired) electrons. The van der Waals surface area contributed by atoms with Gasteiger partial charge in [-0.1, -0.05) is 17.4 Å². The molecule has 3 aromatic rings. The van der Waals surface area contributed by atoms with Gasteiger partial charge in [-0.15, -0.1) is 0 Å². The highest BCUT2D eigenvalue weighted by Gasteiger charge is 2.35. The van der Waals surface area contributed by atoms with Crippen LogP contribution in [0.3, 0.4) is 0 Å². The quantitative estimate of drug-likeness (QED) is 0.545. The van der Waals surface area contributed by atoms with Crippen molar-refractivity contribution in [2.75, 3.05) is 11.4 Å². The summed E-state index contributed by atoms with van der Waals surface area (Å²) in [6, 6.07) is 5.89. The largest absolute Gasteiger partial charge is 0.444 e. The molecule has 2 aromatic heterocycles. The van der Waals surface area contributed by atoms with E-state index in [9.17, 15) is 9.59 Å². The Balaban J connectivity index is 1.44. The summed E-state index contributed by atoms with van der Waals surface area (Å²) < 4.78 is 8.30. The van der Waals surface area contributed by atoms with Crippen LogP contribution >= 0.6 is 11.3 Å². The average molecular weight is 456 g/mol. The standard InChI is InChI=1S/C23H29N5O3S/c1-23(2,3)31-22(30)25-14-16-5-8-18-19(13-16)32-21(26-18)28(20(29)17-6-7-17)11-4-10-27-12-9-24-15-27/h5,8-9,12-13,15,17H,4,6-7,10-11,14H2,1-3H3,(H,25,30). The maximum Gasteiger partial charge on any atom is 0.407 e. The number of ether oxygens (including phenoxy) is 1. The Hall–Kier alpha value is -2.94. The van der Waals surface area contributed by atoms with Gasteiger partial charge >= 0.3 is 6.09 Å². The summed E-state index contributed by atoms with van der Waals surface area (Å²) in [6.45, 7) is 7.30. The number of thiazole rings is 1. The molecule has 0 atom stereocenters. The van der Waals surface area contributed by atoms with Gasteiger partial charge in [-0.05, 0) is 57.7 Å². The number of hydrogen-bond donors (Lipinski definition) is 1. The van der Waals surface area contributed by atoms with Crippen molar-refractivity contribution in [1.82, 2.24) is 19.9 Å². The maximum absolute atomic E-state index is 12.9. The van der Waals surface area contributed by atoms with Crippen LogP contribution in [0.1, 0.15) is 45.6 Å². The van der Waals surface area contributed by atoms with Crippen LogP contribution in [0.25, 0.3) is 10.2 Å². The maximum atomic E-state index is 12.9. The number of amides is 2. The van der Waals surface area contributed by atoms with E-state index in [0.717, 1.165) is 46.7 Å². The molecule has 1 aliphatic carbocycles. The van der Waals surface area contributed by atoms with E-state index in [4.69, 9.17) is 9.72 Å². The van der Waals surface area contributed by atoms with E-state index in [1.165, 1.54) is 11.3 Å². The normalized spacial score (nSPS) is 13.8. The highest BCUT2D eigenvalue weighted by molar-refractivity contribution is 7.22. The van der Waals surface area contributed by atoms with Gasteiger partial charge < -0.3 is 14.6 Å². The van der Waals surface area contributed by atoms with Gasteiger partial charge in [0.2, 0.25) is 5.91 Å². The molecule has 0 aliphatic heterocycles. The molecule has 9 heteroatoms. The minimum atomic E-state index is -0.532. The van der Waals surface area contributed by atoms with Crippen LogP contribution in [0.4, 0.5) is 9.93 Å². The fraction of sp³-hybridized carbons (Fsp3) is 0.478. The Bertz CT molecular complexity index is 1080. The molecule has 170 valence electrons. The van der Waals surface area contributed by atoms with Crippen molar-refractivity contribution in [2.24, 2.45) is 5.92 Å². The molecule has 1 aromatic carbocycles. The van der Waals surface area contributed by atoms with Crippen molar-refractivity contribution in [3.8, 4) is 0 Å². The lowest BCUT2D eigenvalue weighted by molar-refractivity contribution is -0.119. The number of rotatable bonds is 8. The Morgan fingerprint density at radius 1 is 1.31 bits per heavy atom. The number of aromatic nitrogens is 3. The first-order chi connectivity index (χ1) is 15.3. The number of benzene rings is 1. The third-order valence-electron chi connectivity index (χ3n) is 5.06. The molecule has 4 rings (SSSR count). The van der Waals surface area contributed by atoms with Crippen LogP contribution in [0, 0.1) is 5.92 Å². The Labute approximate surface area is 191 Å². The number of fused-ring (bicyclic) bond motifs is 1. The Morgan fingerprint density at radius 2 is 2.12 bits per heavy atom. The highest BCUT2D eigenvalue weighted by atomic mass is 32.1. The van der Waals surface area contributed by atoms with Gasteiger partial charge in [0.25, 0.3) is 0 Å². The zero-order valence-corrected chi connectivity index (χ0v) is 19.5. The van der Waals surface area contributed by atoms with E-state index in [0.29, 0.717) is 13.1 Å². The Kier molecular flexibility index (Phi) is 6.45. The van der Waals surface area contributed by atoms with E-state index in [1.54, 1.807) is 12.5 Å². The second kappa shape index (κ2) is 9.28. The zero-order valence-electron chi connectivity index (χ0n) is 18.7. The number of aryl methyl sites for hydroxylation is 1. The summed E-state index contributed by atoms with van der Waals surface area (Å²) in [6.07, 6.45) is 7.78. The monoisotopic (exact) mass is 455 g/mol. The fourth-order valence-electron chi connectivity index (χ4n) is 3.35. The van der Waals surface area contributed by atoms with Crippen LogP contribution in [-0.2, 0) is 22.6 Å². The number of carbonyl (C=O) groups is 2. The van der Waals surface area contributed by atoms with Gasteiger partial charge in [0.05, 0.1) is 16.5 Å². The summed E-state index contributed by atoms with van der Waals surface area (Å²) in [4.78, 5) is 35.5. The molecule has 0 saturated heterocycles. The summed E-state index contributed by atoms with van der Waals surface area (Å²) in [7, 11) is 0. The van der Waals surface area contributed by atoms with Crippen LogP contribution in [-0.4, -0.2) is 38.7 Å². The van der Waals surface area contributed by atoms with Crippen molar-refractivity contribution >= 4 is 38.7 Å². The van der Waals surface area contributed by atoms with E-state index in [1.807, 2.05) is 54.6 Å². The fourth-order valence-corrected chi connectivity index (χ4v) is 4.41. The van der Waals surface area contributed by atoms with Crippen molar-refractivity contribution in [3.05, 3.63) is 42.5 Å². The first-order valence-corrected chi connectivity index (χ1v) is 11.7. The lowest BCUT2D eigenvalue weighted by Crippen LogP contribution is -2.33. The van der Waals surface area contributed by atoms with Crippen molar-refractivity contribution in [1.29, 1.82) is 0 Å². The predicted molar refractivity (Wildman–Crippen MR) is 125 cm³/mol. The van der Waals surface area contributed by atoms with Crippen molar-refractivity contribution in [2.45, 2.75) is 58.7 Å². The molecule has 0 unspecified atom stereocenters. The number of anilines is 1. The topological polar surface area (TPSA) is 89.3 Å². The van der Waals surface area contributed by atoms with Gasteiger partial charge in [-0.3, -0.25) is 9.69 Å². The van der Waals surface area contributed by atoms with Crippen LogP contribution in [0.2, 0.25) is 0 Å². The molecule has 1 aliphatic rings. The van der Waals surface area contributed by atoms with Gasteiger partial charge in [-0.25, -0.2) is 14.8 Å². The van der Waals surface area contributed by atoms with E-state index < -0.39 is 11.7 Å². The number of carbonyl (C=O) groups excluding carboxylic acids is 2. The summed E-state index contributed by atoms with van der Waals surface area (Å²) in [5, 5.41) is 3.52. The number of hydrogen-bond acceptors (Lipinski definition) is 6. The van der Waals surface area contributed by atoms with Crippen molar-refractivity contribution < 1.29 is 14.3 Å². The molecule has 32 heavy (non-hydrogen) atoms. The van der Waals surface area contributed by atoms with Crippen LogP contribution < -0.4 is 10.2 Å². The molecule has 2 amide bonds. The number of nitrogens with one attached hydrogen (secondary N) is 1. The second-order valence-electron chi connectivity index (χ2n) is 9.07. The number of imidazole rings is 1. The van der Waals surface area contributed by atoms with E-state index >= 15 is 0 Å². The highest BCUT2D eigenvalue weighted by Crippen LogP contribution is 2.36. The minimum Gasteiger partial charge on any atom is -0.444 e. The molecule has 0 spiro atoms.